The van der Waals surface area contributed by atoms with E-state index >= 15 is 13.2 Å². The Morgan fingerprint density at radius 1 is 0.310 bits per heavy atom. The number of ether oxygens (including phenoxy) is 9. The van der Waals surface area contributed by atoms with Gasteiger partial charge in [0.2, 0.25) is 0 Å². The molecule has 0 aliphatic carbocycles. The Labute approximate surface area is 425 Å². The van der Waals surface area contributed by atoms with Crippen molar-refractivity contribution < 1.29 is 64.8 Å². The molecule has 0 aliphatic rings. The van der Waals surface area contributed by atoms with Crippen LogP contribution in [0.1, 0.15) is 187 Å². The molecule has 11 nitrogen and oxygen atoms in total. The SMILES string of the molecule is CC(C)(C)Oc1cc(OC(C)(C)C)c(S(OC(=O)C(F)(F)F)(c2c(OC(C)(C)C)cc(OC(C)(C)C)cc2OC(C)(C)C)c2c(OC(C)(C)C)cc(OC(C)(C)C)cc2OC(C)(C)C)c(OC(C)(C)C)c1. The lowest BCUT2D eigenvalue weighted by Crippen LogP contribution is -2.33. The van der Waals surface area contributed by atoms with E-state index in [0.29, 0.717) is 0 Å². The fourth-order valence-electron chi connectivity index (χ4n) is 6.77. The second-order valence-electron chi connectivity index (χ2n) is 26.6. The second-order valence-corrected chi connectivity index (χ2v) is 29.1. The summed E-state index contributed by atoms with van der Waals surface area (Å²) in [6.07, 6.45) is -5.60. The third-order valence-corrected chi connectivity index (χ3v) is 11.4. The number of carbonyl (C=O) groups excluding carboxylic acids is 1. The number of hydrogen-bond donors (Lipinski definition) is 0. The van der Waals surface area contributed by atoms with E-state index in [4.69, 9.17) is 46.8 Å². The van der Waals surface area contributed by atoms with Gasteiger partial charge in [0.1, 0.15) is 117 Å². The Kier molecular flexibility index (Phi) is 17.2. The van der Waals surface area contributed by atoms with E-state index in [0.717, 1.165) is 0 Å². The van der Waals surface area contributed by atoms with Gasteiger partial charge in [-0.2, -0.15) is 13.2 Å². The summed E-state index contributed by atoms with van der Waals surface area (Å²) < 4.78 is 116. The van der Waals surface area contributed by atoms with E-state index in [1.807, 2.05) is 62.3 Å². The molecule has 0 aliphatic heterocycles. The number of alkyl halides is 3. The highest BCUT2D eigenvalue weighted by atomic mass is 32.3. The van der Waals surface area contributed by atoms with Gasteiger partial charge in [0.05, 0.1) is 0 Å². The van der Waals surface area contributed by atoms with Crippen molar-refractivity contribution in [2.24, 2.45) is 0 Å². The minimum absolute atomic E-state index is 0.0552. The van der Waals surface area contributed by atoms with Crippen molar-refractivity contribution in [1.29, 1.82) is 0 Å². The predicted molar refractivity (Wildman–Crippen MR) is 277 cm³/mol. The van der Waals surface area contributed by atoms with Crippen molar-refractivity contribution in [3.8, 4) is 51.7 Å². The molecule has 0 bridgehead atoms. The van der Waals surface area contributed by atoms with Crippen LogP contribution in [0.3, 0.4) is 0 Å². The summed E-state index contributed by atoms with van der Waals surface area (Å²) in [5.41, 5.74) is -8.75. The van der Waals surface area contributed by atoms with Crippen LogP contribution in [0.25, 0.3) is 0 Å². The largest absolute Gasteiger partial charge is 0.491 e. The minimum Gasteiger partial charge on any atom is -0.488 e. The molecule has 15 heteroatoms. The molecule has 0 radical (unpaired) electrons. The maximum Gasteiger partial charge on any atom is 0.491 e. The quantitative estimate of drug-likeness (QED) is 0.163. The number of carbonyl (C=O) groups is 1. The zero-order chi connectivity index (χ0) is 55.3. The number of benzene rings is 3. The van der Waals surface area contributed by atoms with Crippen LogP contribution in [0.4, 0.5) is 13.2 Å². The van der Waals surface area contributed by atoms with Gasteiger partial charge in [0.25, 0.3) is 0 Å². The maximum atomic E-state index is 15.8. The highest BCUT2D eigenvalue weighted by molar-refractivity contribution is 8.30. The zero-order valence-electron chi connectivity index (χ0n) is 48.0. The molecule has 0 amide bonds. The first-order chi connectivity index (χ1) is 31.2. The maximum absolute atomic E-state index is 15.8. The Hall–Kier alpha value is -4.53. The Morgan fingerprint density at radius 2 is 0.465 bits per heavy atom. The normalized spacial score (nSPS) is 14.1. The molecule has 0 aromatic heterocycles. The van der Waals surface area contributed by atoms with Crippen LogP contribution in [0.15, 0.2) is 51.1 Å². The smallest absolute Gasteiger partial charge is 0.488 e. The van der Waals surface area contributed by atoms with Crippen LogP contribution in [-0.2, 0) is 8.98 Å². The summed E-state index contributed by atoms with van der Waals surface area (Å²) in [6.45, 7) is 49.0. The van der Waals surface area contributed by atoms with Gasteiger partial charge < -0.3 is 46.8 Å². The first-order valence-corrected chi connectivity index (χ1v) is 25.7. The molecule has 71 heavy (non-hydrogen) atoms. The van der Waals surface area contributed by atoms with Gasteiger partial charge in [0.15, 0.2) is 0 Å². The van der Waals surface area contributed by atoms with Crippen LogP contribution < -0.4 is 42.6 Å². The predicted octanol–water partition coefficient (Wildman–Crippen LogP) is 16.6. The molecule has 3 rings (SSSR count). The Morgan fingerprint density at radius 3 is 0.592 bits per heavy atom. The summed E-state index contributed by atoms with van der Waals surface area (Å²) in [5, 5.41) is 0. The molecule has 404 valence electrons. The number of rotatable bonds is 13. The number of hydrogen-bond acceptors (Lipinski definition) is 11. The van der Waals surface area contributed by atoms with E-state index in [2.05, 4.69) is 0 Å². The van der Waals surface area contributed by atoms with E-state index in [9.17, 15) is 4.79 Å². The summed E-state index contributed by atoms with van der Waals surface area (Å²) in [6, 6.07) is 9.43. The first kappa shape index (κ1) is 60.8. The average molecular weight is 1030 g/mol. The molecular weight excluding hydrogens is 938 g/mol. The molecule has 0 atom stereocenters. The van der Waals surface area contributed by atoms with Gasteiger partial charge in [-0.05, 0) is 187 Å². The molecule has 3 aromatic rings. The van der Waals surface area contributed by atoms with Gasteiger partial charge in [-0.1, -0.05) is 0 Å². The van der Waals surface area contributed by atoms with E-state index in [1.165, 1.54) is 0 Å². The van der Waals surface area contributed by atoms with Gasteiger partial charge >= 0.3 is 12.1 Å². The average Bonchev–Trinajstić information content (AvgIpc) is 3.00. The lowest BCUT2D eigenvalue weighted by molar-refractivity contribution is -0.188. The van der Waals surface area contributed by atoms with Gasteiger partial charge in [-0.25, -0.2) is 4.79 Å². The highest BCUT2D eigenvalue weighted by Crippen LogP contribution is 2.81. The molecule has 0 unspecified atom stereocenters. The summed E-state index contributed by atoms with van der Waals surface area (Å²) in [7, 11) is -4.60. The first-order valence-electron chi connectivity index (χ1n) is 24.1. The molecule has 0 N–H and O–H groups in total. The fraction of sp³-hybridized carbons (Fsp3) is 0.661. The van der Waals surface area contributed by atoms with Crippen LogP contribution >= 0.6 is 10.3 Å². The number of halogens is 3. The molecule has 3 aromatic carbocycles. The monoisotopic (exact) mass is 1020 g/mol. The summed E-state index contributed by atoms with van der Waals surface area (Å²) in [4.78, 5) is 14.3. The molecular formula is C56H87F3O11S. The third kappa shape index (κ3) is 19.1. The fourth-order valence-corrected chi connectivity index (χ4v) is 10.3. The molecule has 0 saturated heterocycles. The van der Waals surface area contributed by atoms with Crippen molar-refractivity contribution in [1.82, 2.24) is 0 Å². The molecule has 0 heterocycles. The van der Waals surface area contributed by atoms with Crippen LogP contribution in [-0.4, -0.2) is 62.6 Å². The Bertz CT molecular complexity index is 1990. The minimum atomic E-state index is -5.60. The molecule has 0 spiro atoms. The van der Waals surface area contributed by atoms with E-state index in [1.54, 1.807) is 161 Å². The summed E-state index contributed by atoms with van der Waals surface area (Å²) >= 11 is 0. The van der Waals surface area contributed by atoms with Gasteiger partial charge in [-0.15, -0.1) is 0 Å². The van der Waals surface area contributed by atoms with Gasteiger partial charge in [0, 0.05) is 46.7 Å². The van der Waals surface area contributed by atoms with Crippen molar-refractivity contribution in [2.75, 3.05) is 0 Å². The highest BCUT2D eigenvalue weighted by Gasteiger charge is 2.55. The standard InChI is InChI=1S/C56H87F3O11S/c1-47(2,3)61-34-28-37(64-50(10,11)12)43(38(29-34)65-51(13,14)15)71(70-46(60)56(57,58)59,44-39(66-52(16,17)18)30-35(62-48(4,5)6)31-40(44)67-53(19,20)21)45-41(68-54(22,23)24)32-36(63-49(7,8)9)33-42(45)69-55(25,26)27/h28-33H,1-27H3. The van der Waals surface area contributed by atoms with Crippen LogP contribution in [0.2, 0.25) is 0 Å². The molecule has 0 saturated carbocycles. The van der Waals surface area contributed by atoms with E-state index < -0.39 is 72.9 Å². The topological polar surface area (TPSA) is 109 Å². The van der Waals surface area contributed by atoms with Crippen molar-refractivity contribution in [3.63, 3.8) is 0 Å². The second kappa shape index (κ2) is 20.1. The Balaban J connectivity index is 3.33. The zero-order valence-corrected chi connectivity index (χ0v) is 48.8. The van der Waals surface area contributed by atoms with Crippen molar-refractivity contribution >= 4 is 16.3 Å². The molecule has 0 fully saturated rings. The third-order valence-electron chi connectivity index (χ3n) is 8.05. The van der Waals surface area contributed by atoms with Crippen LogP contribution in [0, 0.1) is 0 Å². The van der Waals surface area contributed by atoms with Crippen molar-refractivity contribution in [3.05, 3.63) is 36.4 Å². The van der Waals surface area contributed by atoms with Crippen molar-refractivity contribution in [2.45, 2.75) is 258 Å². The van der Waals surface area contributed by atoms with E-state index in [-0.39, 0.29) is 66.4 Å². The van der Waals surface area contributed by atoms with Gasteiger partial charge in [-0.3, -0.25) is 0 Å². The lowest BCUT2D eigenvalue weighted by atomic mass is 10.1. The lowest BCUT2D eigenvalue weighted by Gasteiger charge is -2.46. The summed E-state index contributed by atoms with van der Waals surface area (Å²) in [5.74, 6) is -2.15. The van der Waals surface area contributed by atoms with Crippen LogP contribution in [0.5, 0.6) is 51.7 Å².